The van der Waals surface area contributed by atoms with E-state index < -0.39 is 0 Å². The van der Waals surface area contributed by atoms with Gasteiger partial charge in [-0.15, -0.1) is 0 Å². The summed E-state index contributed by atoms with van der Waals surface area (Å²) in [6.07, 6.45) is 0. The molecule has 0 aliphatic carbocycles. The minimum Gasteiger partial charge on any atom is -0.507 e. The number of aromatic nitrogens is 3. The molecule has 0 aliphatic heterocycles. The van der Waals surface area contributed by atoms with Crippen LogP contribution in [0.25, 0.3) is 22.2 Å². The van der Waals surface area contributed by atoms with Crippen molar-refractivity contribution in [3.05, 3.63) is 29.5 Å². The van der Waals surface area contributed by atoms with Gasteiger partial charge in [0.05, 0.1) is 5.69 Å². The minimum absolute atomic E-state index is 0.248. The first kappa shape index (κ1) is 10.7. The maximum Gasteiger partial charge on any atom is 0.145 e. The van der Waals surface area contributed by atoms with Gasteiger partial charge < -0.3 is 15.8 Å². The third-order valence-corrected chi connectivity index (χ3v) is 3.33. The summed E-state index contributed by atoms with van der Waals surface area (Å²) in [5.74, 6) is 0.657. The van der Waals surface area contributed by atoms with Gasteiger partial charge in [-0.25, -0.2) is 0 Å². The lowest BCUT2D eigenvalue weighted by atomic mass is 10.0. The first-order valence-electron chi connectivity index (χ1n) is 5.70. The summed E-state index contributed by atoms with van der Waals surface area (Å²) in [7, 11) is 0. The van der Waals surface area contributed by atoms with Crippen LogP contribution in [0.15, 0.2) is 18.2 Å². The zero-order valence-electron chi connectivity index (χ0n) is 10.2. The van der Waals surface area contributed by atoms with Gasteiger partial charge in [-0.3, -0.25) is 5.10 Å². The topological polar surface area (TPSA) is 90.7 Å². The number of nitrogen functional groups attached to an aromatic ring is 1. The van der Waals surface area contributed by atoms with Crippen LogP contribution in [0.5, 0.6) is 5.75 Å². The number of aromatic hydroxyl groups is 1. The maximum absolute atomic E-state index is 10.4. The van der Waals surface area contributed by atoms with Crippen molar-refractivity contribution in [1.82, 2.24) is 15.2 Å². The van der Waals surface area contributed by atoms with Crippen molar-refractivity contribution in [2.45, 2.75) is 13.8 Å². The highest BCUT2D eigenvalue weighted by molar-refractivity contribution is 5.95. The molecule has 92 valence electrons. The molecule has 5 heteroatoms. The molecule has 2 aromatic heterocycles. The number of aromatic amines is 2. The van der Waals surface area contributed by atoms with E-state index in [0.29, 0.717) is 17.1 Å². The average Bonchev–Trinajstić information content (AvgIpc) is 2.86. The van der Waals surface area contributed by atoms with Crippen molar-refractivity contribution in [2.75, 3.05) is 5.73 Å². The van der Waals surface area contributed by atoms with Gasteiger partial charge in [0.1, 0.15) is 11.6 Å². The lowest BCUT2D eigenvalue weighted by Gasteiger charge is -2.04. The molecule has 0 amide bonds. The predicted molar refractivity (Wildman–Crippen MR) is 71.4 cm³/mol. The third-order valence-electron chi connectivity index (χ3n) is 3.33. The van der Waals surface area contributed by atoms with Crippen LogP contribution >= 0.6 is 0 Å². The summed E-state index contributed by atoms with van der Waals surface area (Å²) >= 11 is 0. The molecule has 3 aromatic rings. The fourth-order valence-electron chi connectivity index (χ4n) is 2.25. The van der Waals surface area contributed by atoms with E-state index in [4.69, 9.17) is 5.73 Å². The number of phenols is 1. The number of anilines is 1. The molecule has 0 radical (unpaired) electrons. The highest BCUT2D eigenvalue weighted by atomic mass is 16.3. The summed E-state index contributed by atoms with van der Waals surface area (Å²) in [6, 6.07) is 5.50. The van der Waals surface area contributed by atoms with Crippen molar-refractivity contribution in [3.63, 3.8) is 0 Å². The zero-order chi connectivity index (χ0) is 12.9. The van der Waals surface area contributed by atoms with Crippen LogP contribution < -0.4 is 5.73 Å². The number of hydrogen-bond donors (Lipinski definition) is 4. The lowest BCUT2D eigenvalue weighted by molar-refractivity contribution is 0.483. The van der Waals surface area contributed by atoms with Crippen LogP contribution in [-0.2, 0) is 0 Å². The second-order valence-corrected chi connectivity index (χ2v) is 4.47. The number of rotatable bonds is 1. The number of fused-ring (bicyclic) bond motifs is 1. The number of nitrogens with two attached hydrogens (primary N) is 1. The molecule has 0 saturated heterocycles. The Bertz CT molecular complexity index is 739. The summed E-state index contributed by atoms with van der Waals surface area (Å²) in [4.78, 5) is 3.24. The summed E-state index contributed by atoms with van der Waals surface area (Å²) in [5, 5.41) is 17.9. The molecular weight excluding hydrogens is 228 g/mol. The Hall–Kier alpha value is -2.43. The van der Waals surface area contributed by atoms with E-state index in [2.05, 4.69) is 15.2 Å². The number of benzene rings is 1. The molecular formula is C13H14N4O. The number of nitrogens with zero attached hydrogens (tertiary/aromatic N) is 1. The van der Waals surface area contributed by atoms with Crippen LogP contribution in [-0.4, -0.2) is 20.3 Å². The van der Waals surface area contributed by atoms with Gasteiger partial charge in [-0.05, 0) is 31.5 Å². The van der Waals surface area contributed by atoms with Crippen molar-refractivity contribution >= 4 is 16.7 Å². The molecule has 0 unspecified atom stereocenters. The average molecular weight is 242 g/mol. The SMILES string of the molecule is Cc1[nH]c2ccc(-c3cc(N)n[nH]3)c(O)c2c1C. The molecule has 2 heterocycles. The predicted octanol–water partition coefficient (Wildman–Crippen LogP) is 2.46. The quantitative estimate of drug-likeness (QED) is 0.528. The Kier molecular flexibility index (Phi) is 2.10. The zero-order valence-corrected chi connectivity index (χ0v) is 10.2. The van der Waals surface area contributed by atoms with Crippen LogP contribution in [0.2, 0.25) is 0 Å². The van der Waals surface area contributed by atoms with E-state index in [1.807, 2.05) is 26.0 Å². The lowest BCUT2D eigenvalue weighted by Crippen LogP contribution is -1.81. The van der Waals surface area contributed by atoms with Gasteiger partial charge >= 0.3 is 0 Å². The first-order valence-corrected chi connectivity index (χ1v) is 5.70. The standard InChI is InChI=1S/C13H14N4O/c1-6-7(2)15-9-4-3-8(13(18)12(6)9)10-5-11(14)17-16-10/h3-5,15,18H,1-2H3,(H3,14,16,17). The van der Waals surface area contributed by atoms with Crippen molar-refractivity contribution in [3.8, 4) is 17.0 Å². The van der Waals surface area contributed by atoms with Crippen LogP contribution in [0, 0.1) is 13.8 Å². The van der Waals surface area contributed by atoms with E-state index in [1.54, 1.807) is 6.07 Å². The molecule has 0 spiro atoms. The van der Waals surface area contributed by atoms with Crippen LogP contribution in [0.1, 0.15) is 11.3 Å². The van der Waals surface area contributed by atoms with Gasteiger partial charge in [0.25, 0.3) is 0 Å². The van der Waals surface area contributed by atoms with E-state index >= 15 is 0 Å². The van der Waals surface area contributed by atoms with Gasteiger partial charge in [0.2, 0.25) is 0 Å². The highest BCUT2D eigenvalue weighted by Crippen LogP contribution is 2.37. The summed E-state index contributed by atoms with van der Waals surface area (Å²) in [5.41, 5.74) is 10.0. The highest BCUT2D eigenvalue weighted by Gasteiger charge is 2.14. The number of nitrogens with one attached hydrogen (secondary N) is 2. The fourth-order valence-corrected chi connectivity index (χ4v) is 2.25. The minimum atomic E-state index is 0.248. The fraction of sp³-hybridized carbons (Fsp3) is 0.154. The number of aryl methyl sites for hydroxylation is 2. The molecule has 0 saturated carbocycles. The van der Waals surface area contributed by atoms with E-state index in [-0.39, 0.29) is 5.75 Å². The Morgan fingerprint density at radius 1 is 1.28 bits per heavy atom. The molecule has 5 N–H and O–H groups in total. The normalized spacial score (nSPS) is 11.2. The van der Waals surface area contributed by atoms with Gasteiger partial charge in [-0.1, -0.05) is 0 Å². The molecule has 18 heavy (non-hydrogen) atoms. The Labute approximate surface area is 104 Å². The molecule has 1 aromatic carbocycles. The number of H-pyrrole nitrogens is 2. The summed E-state index contributed by atoms with van der Waals surface area (Å²) in [6.45, 7) is 3.97. The van der Waals surface area contributed by atoms with Gasteiger partial charge in [0.15, 0.2) is 0 Å². The Morgan fingerprint density at radius 2 is 2.06 bits per heavy atom. The number of hydrogen-bond acceptors (Lipinski definition) is 3. The largest absolute Gasteiger partial charge is 0.507 e. The molecule has 3 rings (SSSR count). The second kappa shape index (κ2) is 3.53. The summed E-state index contributed by atoms with van der Waals surface area (Å²) < 4.78 is 0. The third kappa shape index (κ3) is 1.37. The van der Waals surface area contributed by atoms with Crippen LogP contribution in [0.4, 0.5) is 5.82 Å². The molecule has 0 atom stereocenters. The van der Waals surface area contributed by atoms with E-state index in [1.165, 1.54) is 0 Å². The van der Waals surface area contributed by atoms with E-state index in [0.717, 1.165) is 22.2 Å². The molecule has 0 fully saturated rings. The molecule has 0 aliphatic rings. The first-order chi connectivity index (χ1) is 8.58. The maximum atomic E-state index is 10.4. The van der Waals surface area contributed by atoms with Crippen molar-refractivity contribution in [1.29, 1.82) is 0 Å². The van der Waals surface area contributed by atoms with E-state index in [9.17, 15) is 5.11 Å². The van der Waals surface area contributed by atoms with Gasteiger partial charge in [-0.2, -0.15) is 5.10 Å². The van der Waals surface area contributed by atoms with Crippen molar-refractivity contribution in [2.24, 2.45) is 0 Å². The molecule has 5 nitrogen and oxygen atoms in total. The Morgan fingerprint density at radius 3 is 2.72 bits per heavy atom. The van der Waals surface area contributed by atoms with Crippen LogP contribution in [0.3, 0.4) is 0 Å². The van der Waals surface area contributed by atoms with Crippen molar-refractivity contribution < 1.29 is 5.11 Å². The monoisotopic (exact) mass is 242 g/mol. The molecule has 0 bridgehead atoms. The smallest absolute Gasteiger partial charge is 0.145 e. The second-order valence-electron chi connectivity index (χ2n) is 4.47. The number of phenolic OH excluding ortho intramolecular Hbond substituents is 1. The Balaban J connectivity index is 2.32. The van der Waals surface area contributed by atoms with Gasteiger partial charge in [0, 0.05) is 28.2 Å².